The summed E-state index contributed by atoms with van der Waals surface area (Å²) < 4.78 is 28.0. The lowest BCUT2D eigenvalue weighted by atomic mass is 10.2. The molecule has 2 N–H and O–H groups in total. The van der Waals surface area contributed by atoms with E-state index in [0.717, 1.165) is 12.8 Å². The van der Waals surface area contributed by atoms with Gasteiger partial charge < -0.3 is 5.73 Å². The Morgan fingerprint density at radius 2 is 2.22 bits per heavy atom. The van der Waals surface area contributed by atoms with Crippen molar-refractivity contribution in [2.45, 2.75) is 30.7 Å². The number of nitrogens with zero attached hydrogens (tertiary/aromatic N) is 3. The summed E-state index contributed by atoms with van der Waals surface area (Å²) >= 11 is 0. The molecule has 8 heteroatoms. The van der Waals surface area contributed by atoms with Crippen LogP contribution in [0.3, 0.4) is 0 Å². The minimum Gasteiger partial charge on any atom is -0.329 e. The minimum absolute atomic E-state index is 0. The number of aromatic nitrogens is 2. The fourth-order valence-corrected chi connectivity index (χ4v) is 4.11. The van der Waals surface area contributed by atoms with E-state index in [1.165, 1.54) is 10.5 Å². The van der Waals surface area contributed by atoms with Crippen LogP contribution in [0.4, 0.5) is 0 Å². The standard InChI is InChI=1S/C10H18N4O2S.ClH/c1-8-10(7-12-13(8)2)17(15,16)14-5-3-4-9(14)6-11;/h7,9H,3-6,11H2,1-2H3;1H. The zero-order valence-corrected chi connectivity index (χ0v) is 12.2. The van der Waals surface area contributed by atoms with Gasteiger partial charge in [-0.25, -0.2) is 8.42 Å². The van der Waals surface area contributed by atoms with Crippen LogP contribution < -0.4 is 5.73 Å². The summed E-state index contributed by atoms with van der Waals surface area (Å²) in [5.74, 6) is 0. The molecular weight excluding hydrogens is 276 g/mol. The number of hydrogen-bond acceptors (Lipinski definition) is 4. The van der Waals surface area contributed by atoms with Crippen molar-refractivity contribution in [1.82, 2.24) is 14.1 Å². The molecule has 104 valence electrons. The van der Waals surface area contributed by atoms with Crippen LogP contribution in [0.25, 0.3) is 0 Å². The lowest BCUT2D eigenvalue weighted by Crippen LogP contribution is -2.40. The Hall–Kier alpha value is -0.630. The highest BCUT2D eigenvalue weighted by atomic mass is 35.5. The number of rotatable bonds is 3. The van der Waals surface area contributed by atoms with Gasteiger partial charge in [0.2, 0.25) is 10.0 Å². The highest BCUT2D eigenvalue weighted by molar-refractivity contribution is 7.89. The molecule has 1 atom stereocenters. The smallest absolute Gasteiger partial charge is 0.246 e. The topological polar surface area (TPSA) is 81.2 Å². The van der Waals surface area contributed by atoms with Crippen LogP contribution in [-0.4, -0.2) is 41.6 Å². The Bertz CT molecular complexity index is 514. The van der Waals surface area contributed by atoms with E-state index < -0.39 is 10.0 Å². The average molecular weight is 295 g/mol. The van der Waals surface area contributed by atoms with Crippen LogP contribution >= 0.6 is 12.4 Å². The van der Waals surface area contributed by atoms with Crippen LogP contribution in [0.15, 0.2) is 11.1 Å². The van der Waals surface area contributed by atoms with E-state index in [1.807, 2.05) is 0 Å². The first-order valence-corrected chi connectivity index (χ1v) is 7.13. The maximum absolute atomic E-state index is 12.5. The van der Waals surface area contributed by atoms with Gasteiger partial charge in [-0.15, -0.1) is 12.4 Å². The van der Waals surface area contributed by atoms with E-state index in [9.17, 15) is 8.42 Å². The molecule has 2 heterocycles. The average Bonchev–Trinajstić information content (AvgIpc) is 2.87. The van der Waals surface area contributed by atoms with Gasteiger partial charge in [0.15, 0.2) is 0 Å². The van der Waals surface area contributed by atoms with Crippen LogP contribution in [0.2, 0.25) is 0 Å². The summed E-state index contributed by atoms with van der Waals surface area (Å²) in [5, 5.41) is 3.98. The van der Waals surface area contributed by atoms with Crippen molar-refractivity contribution in [2.24, 2.45) is 12.8 Å². The van der Waals surface area contributed by atoms with E-state index in [-0.39, 0.29) is 18.4 Å². The van der Waals surface area contributed by atoms with Crippen molar-refractivity contribution in [2.75, 3.05) is 13.1 Å². The lowest BCUT2D eigenvalue weighted by Gasteiger charge is -2.22. The van der Waals surface area contributed by atoms with Crippen LogP contribution in [0.1, 0.15) is 18.5 Å². The molecule has 6 nitrogen and oxygen atoms in total. The fraction of sp³-hybridized carbons (Fsp3) is 0.700. The number of nitrogens with two attached hydrogens (primary N) is 1. The third kappa shape index (κ3) is 2.40. The van der Waals surface area contributed by atoms with Crippen molar-refractivity contribution >= 4 is 22.4 Å². The molecule has 0 saturated carbocycles. The quantitative estimate of drug-likeness (QED) is 0.867. The number of sulfonamides is 1. The molecule has 1 aromatic heterocycles. The summed E-state index contributed by atoms with van der Waals surface area (Å²) in [6.45, 7) is 2.69. The Balaban J connectivity index is 0.00000162. The molecule has 0 amide bonds. The van der Waals surface area contributed by atoms with Crippen LogP contribution in [0, 0.1) is 6.92 Å². The molecule has 18 heavy (non-hydrogen) atoms. The Kier molecular flexibility index (Phi) is 4.77. The molecular formula is C10H19ClN4O2S. The van der Waals surface area contributed by atoms with E-state index >= 15 is 0 Å². The third-order valence-electron chi connectivity index (χ3n) is 3.37. The molecule has 1 saturated heterocycles. The molecule has 1 aliphatic heterocycles. The second-order valence-electron chi connectivity index (χ2n) is 4.37. The van der Waals surface area contributed by atoms with Crippen LogP contribution in [-0.2, 0) is 17.1 Å². The van der Waals surface area contributed by atoms with Gasteiger partial charge in [0.25, 0.3) is 0 Å². The maximum atomic E-state index is 12.5. The number of halogens is 1. The Morgan fingerprint density at radius 1 is 1.56 bits per heavy atom. The monoisotopic (exact) mass is 294 g/mol. The largest absolute Gasteiger partial charge is 0.329 e. The summed E-state index contributed by atoms with van der Waals surface area (Å²) in [5.41, 5.74) is 6.28. The fourth-order valence-electron chi connectivity index (χ4n) is 2.22. The van der Waals surface area contributed by atoms with Gasteiger partial charge in [0.1, 0.15) is 4.90 Å². The number of aryl methyl sites for hydroxylation is 1. The first-order chi connectivity index (χ1) is 7.98. The van der Waals surface area contributed by atoms with Crippen molar-refractivity contribution < 1.29 is 8.42 Å². The van der Waals surface area contributed by atoms with Gasteiger partial charge in [-0.3, -0.25) is 4.68 Å². The maximum Gasteiger partial charge on any atom is 0.246 e. The van der Waals surface area contributed by atoms with E-state index in [2.05, 4.69) is 5.10 Å². The van der Waals surface area contributed by atoms with Gasteiger partial charge in [-0.05, 0) is 19.8 Å². The molecule has 1 unspecified atom stereocenters. The first-order valence-electron chi connectivity index (χ1n) is 5.69. The summed E-state index contributed by atoms with van der Waals surface area (Å²) in [7, 11) is -1.70. The second-order valence-corrected chi connectivity index (χ2v) is 6.22. The second kappa shape index (κ2) is 5.56. The molecule has 0 bridgehead atoms. The molecule has 1 aromatic rings. The molecule has 2 rings (SSSR count). The Labute approximate surface area is 114 Å². The summed E-state index contributed by atoms with van der Waals surface area (Å²) in [4.78, 5) is 0.292. The third-order valence-corrected chi connectivity index (χ3v) is 5.43. The highest BCUT2D eigenvalue weighted by Gasteiger charge is 2.36. The molecule has 1 aliphatic rings. The van der Waals surface area contributed by atoms with Gasteiger partial charge in [-0.1, -0.05) is 0 Å². The number of hydrogen-bond donors (Lipinski definition) is 1. The van der Waals surface area contributed by atoms with Gasteiger partial charge in [0.05, 0.1) is 11.9 Å². The Morgan fingerprint density at radius 3 is 2.72 bits per heavy atom. The van der Waals surface area contributed by atoms with E-state index in [1.54, 1.807) is 18.7 Å². The summed E-state index contributed by atoms with van der Waals surface area (Å²) in [6.07, 6.45) is 3.13. The predicted molar refractivity (Wildman–Crippen MR) is 71.2 cm³/mol. The molecule has 0 spiro atoms. The highest BCUT2D eigenvalue weighted by Crippen LogP contribution is 2.26. The van der Waals surface area contributed by atoms with Gasteiger partial charge >= 0.3 is 0 Å². The zero-order valence-electron chi connectivity index (χ0n) is 10.5. The zero-order chi connectivity index (χ0) is 12.6. The molecule has 1 fully saturated rings. The molecule has 0 aromatic carbocycles. The van der Waals surface area contributed by atoms with Crippen molar-refractivity contribution in [3.8, 4) is 0 Å². The first kappa shape index (κ1) is 15.4. The van der Waals surface area contributed by atoms with Crippen LogP contribution in [0.5, 0.6) is 0 Å². The van der Waals surface area contributed by atoms with E-state index in [0.29, 0.717) is 23.7 Å². The predicted octanol–water partition coefficient (Wildman–Crippen LogP) is 0.262. The normalized spacial score (nSPS) is 20.9. The molecule has 0 radical (unpaired) electrons. The summed E-state index contributed by atoms with van der Waals surface area (Å²) in [6, 6.07) is -0.0698. The SMILES string of the molecule is Cc1c(S(=O)(=O)N2CCCC2CN)cnn1C.Cl. The minimum atomic E-state index is -3.44. The van der Waals surface area contributed by atoms with Crippen molar-refractivity contribution in [3.63, 3.8) is 0 Å². The molecule has 0 aliphatic carbocycles. The van der Waals surface area contributed by atoms with Crippen molar-refractivity contribution in [3.05, 3.63) is 11.9 Å². The van der Waals surface area contributed by atoms with E-state index in [4.69, 9.17) is 5.73 Å². The van der Waals surface area contributed by atoms with Gasteiger partial charge in [-0.2, -0.15) is 9.40 Å². The van der Waals surface area contributed by atoms with Crippen molar-refractivity contribution in [1.29, 1.82) is 0 Å². The lowest BCUT2D eigenvalue weighted by molar-refractivity contribution is 0.392. The van der Waals surface area contributed by atoms with Gasteiger partial charge in [0, 0.05) is 26.2 Å².